The van der Waals surface area contributed by atoms with E-state index in [2.05, 4.69) is 11.8 Å². The SMILES string of the molecule is CC(C1CCOC1)N(CCC(=O)O)c1ccccc1. The molecule has 19 heavy (non-hydrogen) atoms. The van der Waals surface area contributed by atoms with E-state index in [0.717, 1.165) is 25.3 Å². The zero-order valence-corrected chi connectivity index (χ0v) is 11.3. The van der Waals surface area contributed by atoms with Crippen molar-refractivity contribution in [2.45, 2.75) is 25.8 Å². The minimum atomic E-state index is -0.754. The minimum absolute atomic E-state index is 0.160. The van der Waals surface area contributed by atoms with Crippen LogP contribution in [0.4, 0.5) is 5.69 Å². The van der Waals surface area contributed by atoms with Crippen molar-refractivity contribution in [3.8, 4) is 0 Å². The number of carboxylic acids is 1. The van der Waals surface area contributed by atoms with Crippen molar-refractivity contribution in [1.82, 2.24) is 0 Å². The zero-order chi connectivity index (χ0) is 13.7. The van der Waals surface area contributed by atoms with Gasteiger partial charge in [0.25, 0.3) is 0 Å². The Hall–Kier alpha value is -1.55. The van der Waals surface area contributed by atoms with Crippen LogP contribution in [0.3, 0.4) is 0 Å². The van der Waals surface area contributed by atoms with Crippen molar-refractivity contribution in [1.29, 1.82) is 0 Å². The van der Waals surface area contributed by atoms with E-state index in [1.165, 1.54) is 0 Å². The molecule has 1 aliphatic rings. The Kier molecular flexibility index (Phi) is 4.80. The molecule has 1 aromatic carbocycles. The summed E-state index contributed by atoms with van der Waals surface area (Å²) in [7, 11) is 0. The molecule has 0 saturated carbocycles. The van der Waals surface area contributed by atoms with E-state index in [1.807, 2.05) is 30.3 Å². The Bertz CT molecular complexity index is 401. The van der Waals surface area contributed by atoms with Crippen LogP contribution in [0.2, 0.25) is 0 Å². The van der Waals surface area contributed by atoms with E-state index < -0.39 is 5.97 Å². The number of nitrogens with zero attached hydrogens (tertiary/aromatic N) is 1. The number of anilines is 1. The van der Waals surface area contributed by atoms with E-state index >= 15 is 0 Å². The number of hydrogen-bond donors (Lipinski definition) is 1. The Morgan fingerprint density at radius 1 is 1.47 bits per heavy atom. The highest BCUT2D eigenvalue weighted by Gasteiger charge is 2.27. The maximum Gasteiger partial charge on any atom is 0.305 e. The van der Waals surface area contributed by atoms with E-state index in [-0.39, 0.29) is 6.42 Å². The van der Waals surface area contributed by atoms with Crippen molar-refractivity contribution in [2.75, 3.05) is 24.7 Å². The van der Waals surface area contributed by atoms with Gasteiger partial charge in [-0.1, -0.05) is 18.2 Å². The topological polar surface area (TPSA) is 49.8 Å². The van der Waals surface area contributed by atoms with Crippen molar-refractivity contribution in [2.24, 2.45) is 5.92 Å². The molecule has 0 amide bonds. The molecule has 0 bridgehead atoms. The quantitative estimate of drug-likeness (QED) is 0.856. The highest BCUT2D eigenvalue weighted by molar-refractivity contribution is 5.67. The summed E-state index contributed by atoms with van der Waals surface area (Å²) < 4.78 is 5.45. The number of carboxylic acid groups (broad SMARTS) is 1. The third-order valence-corrected chi connectivity index (χ3v) is 3.79. The van der Waals surface area contributed by atoms with Gasteiger partial charge >= 0.3 is 5.97 Å². The van der Waals surface area contributed by atoms with Crippen molar-refractivity contribution < 1.29 is 14.6 Å². The predicted octanol–water partition coefficient (Wildman–Crippen LogP) is 2.39. The number of aliphatic carboxylic acids is 1. The van der Waals surface area contributed by atoms with Gasteiger partial charge in [0, 0.05) is 30.8 Å². The van der Waals surface area contributed by atoms with E-state index in [1.54, 1.807) is 0 Å². The van der Waals surface area contributed by atoms with Crippen LogP contribution in [0, 0.1) is 5.92 Å². The van der Waals surface area contributed by atoms with Crippen LogP contribution in [0.15, 0.2) is 30.3 Å². The highest BCUT2D eigenvalue weighted by atomic mass is 16.5. The van der Waals surface area contributed by atoms with Crippen LogP contribution in [0.1, 0.15) is 19.8 Å². The largest absolute Gasteiger partial charge is 0.481 e. The molecule has 1 aliphatic heterocycles. The number of hydrogen-bond acceptors (Lipinski definition) is 3. The number of ether oxygens (including phenoxy) is 1. The molecule has 1 N–H and O–H groups in total. The summed E-state index contributed by atoms with van der Waals surface area (Å²) in [6.07, 6.45) is 1.21. The zero-order valence-electron chi connectivity index (χ0n) is 11.3. The second kappa shape index (κ2) is 6.57. The maximum absolute atomic E-state index is 10.8. The fourth-order valence-electron chi connectivity index (χ4n) is 2.59. The Morgan fingerprint density at radius 2 is 2.21 bits per heavy atom. The molecule has 0 aliphatic carbocycles. The molecule has 104 valence electrons. The third kappa shape index (κ3) is 3.70. The Morgan fingerprint density at radius 3 is 2.79 bits per heavy atom. The first-order chi connectivity index (χ1) is 9.18. The first-order valence-corrected chi connectivity index (χ1v) is 6.79. The predicted molar refractivity (Wildman–Crippen MR) is 74.4 cm³/mol. The lowest BCUT2D eigenvalue weighted by atomic mass is 9.98. The van der Waals surface area contributed by atoms with Crippen LogP contribution in [-0.4, -0.2) is 36.9 Å². The van der Waals surface area contributed by atoms with Crippen molar-refractivity contribution in [3.63, 3.8) is 0 Å². The lowest BCUT2D eigenvalue weighted by Gasteiger charge is -2.34. The summed E-state index contributed by atoms with van der Waals surface area (Å²) in [6.45, 7) is 4.29. The molecule has 0 aromatic heterocycles. The standard InChI is InChI=1S/C15H21NO3/c1-12(13-8-10-19-11-13)16(9-7-15(17)18)14-5-3-2-4-6-14/h2-6,12-13H,7-11H2,1H3,(H,17,18). The number of carbonyl (C=O) groups is 1. The van der Waals surface area contributed by atoms with Crippen LogP contribution < -0.4 is 4.90 Å². The van der Waals surface area contributed by atoms with Crippen LogP contribution in [0.5, 0.6) is 0 Å². The molecule has 2 unspecified atom stereocenters. The maximum atomic E-state index is 10.8. The summed E-state index contributed by atoms with van der Waals surface area (Å²) in [4.78, 5) is 13.0. The number of para-hydroxylation sites is 1. The second-order valence-corrected chi connectivity index (χ2v) is 5.04. The Labute approximate surface area is 114 Å². The molecular formula is C15H21NO3. The summed E-state index contributed by atoms with van der Waals surface area (Å²) in [5, 5.41) is 8.91. The first kappa shape index (κ1) is 13.9. The van der Waals surface area contributed by atoms with E-state index in [4.69, 9.17) is 9.84 Å². The van der Waals surface area contributed by atoms with Gasteiger partial charge in [0.05, 0.1) is 13.0 Å². The Balaban J connectivity index is 2.10. The molecule has 1 fully saturated rings. The molecule has 1 saturated heterocycles. The molecule has 4 nitrogen and oxygen atoms in total. The summed E-state index contributed by atoms with van der Waals surface area (Å²) in [6, 6.07) is 10.3. The van der Waals surface area contributed by atoms with Gasteiger partial charge in [0.15, 0.2) is 0 Å². The molecule has 0 radical (unpaired) electrons. The van der Waals surface area contributed by atoms with Gasteiger partial charge in [-0.05, 0) is 25.5 Å². The average Bonchev–Trinajstić information content (AvgIpc) is 2.93. The van der Waals surface area contributed by atoms with Gasteiger partial charge in [0.1, 0.15) is 0 Å². The molecule has 1 heterocycles. The molecule has 2 rings (SSSR count). The normalized spacial score (nSPS) is 20.2. The smallest absolute Gasteiger partial charge is 0.305 e. The third-order valence-electron chi connectivity index (χ3n) is 3.79. The average molecular weight is 263 g/mol. The molecule has 1 aromatic rings. The fraction of sp³-hybridized carbons (Fsp3) is 0.533. The fourth-order valence-corrected chi connectivity index (χ4v) is 2.59. The lowest BCUT2D eigenvalue weighted by Crippen LogP contribution is -2.40. The second-order valence-electron chi connectivity index (χ2n) is 5.04. The molecule has 4 heteroatoms. The summed E-state index contributed by atoms with van der Waals surface area (Å²) in [5.74, 6) is -0.273. The molecular weight excluding hydrogens is 242 g/mol. The van der Waals surface area contributed by atoms with Crippen LogP contribution in [-0.2, 0) is 9.53 Å². The van der Waals surface area contributed by atoms with Gasteiger partial charge in [-0.2, -0.15) is 0 Å². The van der Waals surface area contributed by atoms with Gasteiger partial charge in [-0.25, -0.2) is 0 Å². The van der Waals surface area contributed by atoms with Crippen molar-refractivity contribution in [3.05, 3.63) is 30.3 Å². The monoisotopic (exact) mass is 263 g/mol. The lowest BCUT2D eigenvalue weighted by molar-refractivity contribution is -0.136. The van der Waals surface area contributed by atoms with Gasteiger partial charge in [0.2, 0.25) is 0 Å². The van der Waals surface area contributed by atoms with Gasteiger partial charge < -0.3 is 14.7 Å². The molecule has 0 spiro atoms. The minimum Gasteiger partial charge on any atom is -0.481 e. The van der Waals surface area contributed by atoms with E-state index in [9.17, 15) is 4.79 Å². The summed E-state index contributed by atoms with van der Waals surface area (Å²) in [5.41, 5.74) is 1.09. The van der Waals surface area contributed by atoms with Crippen LogP contribution in [0.25, 0.3) is 0 Å². The van der Waals surface area contributed by atoms with Crippen molar-refractivity contribution >= 4 is 11.7 Å². The highest BCUT2D eigenvalue weighted by Crippen LogP contribution is 2.25. The molecule has 2 atom stereocenters. The number of benzene rings is 1. The van der Waals surface area contributed by atoms with Gasteiger partial charge in [-0.3, -0.25) is 4.79 Å². The van der Waals surface area contributed by atoms with Gasteiger partial charge in [-0.15, -0.1) is 0 Å². The van der Waals surface area contributed by atoms with Crippen LogP contribution >= 0.6 is 0 Å². The summed E-state index contributed by atoms with van der Waals surface area (Å²) >= 11 is 0. The first-order valence-electron chi connectivity index (χ1n) is 6.79. The van der Waals surface area contributed by atoms with E-state index in [0.29, 0.717) is 18.5 Å². The number of rotatable bonds is 6.